The molecule has 1 aliphatic rings. The molecule has 1 aromatic heterocycles. The fourth-order valence-corrected chi connectivity index (χ4v) is 4.85. The zero-order valence-electron chi connectivity index (χ0n) is 18.6. The Bertz CT molecular complexity index is 1130. The van der Waals surface area contributed by atoms with Crippen LogP contribution in [0.1, 0.15) is 47.0 Å². The summed E-state index contributed by atoms with van der Waals surface area (Å²) in [5.74, 6) is -1.93. The number of carbonyl (C=O) groups is 3. The first kappa shape index (κ1) is 23.6. The number of thiophene rings is 1. The van der Waals surface area contributed by atoms with E-state index in [0.717, 1.165) is 25.7 Å². The second-order valence-electron chi connectivity index (χ2n) is 8.17. The molecule has 6 nitrogen and oxygen atoms in total. The van der Waals surface area contributed by atoms with Gasteiger partial charge >= 0.3 is 0 Å². The lowest BCUT2D eigenvalue weighted by Crippen LogP contribution is -2.49. The van der Waals surface area contributed by atoms with Gasteiger partial charge in [-0.25, -0.2) is 4.39 Å². The third-order valence-corrected chi connectivity index (χ3v) is 6.72. The first-order valence-corrected chi connectivity index (χ1v) is 12.2. The molecule has 4 rings (SSSR count). The maximum absolute atomic E-state index is 15.0. The van der Waals surface area contributed by atoms with Crippen molar-refractivity contribution in [2.24, 2.45) is 0 Å². The predicted molar refractivity (Wildman–Crippen MR) is 130 cm³/mol. The van der Waals surface area contributed by atoms with Crippen molar-refractivity contribution in [1.29, 1.82) is 0 Å². The van der Waals surface area contributed by atoms with E-state index < -0.39 is 23.7 Å². The van der Waals surface area contributed by atoms with Crippen molar-refractivity contribution >= 4 is 34.7 Å². The Labute approximate surface area is 201 Å². The van der Waals surface area contributed by atoms with Crippen LogP contribution in [0.15, 0.2) is 72.1 Å². The van der Waals surface area contributed by atoms with Crippen LogP contribution in [0.4, 0.5) is 10.1 Å². The van der Waals surface area contributed by atoms with Gasteiger partial charge in [0.2, 0.25) is 11.8 Å². The summed E-state index contributed by atoms with van der Waals surface area (Å²) in [7, 11) is 0. The van der Waals surface area contributed by atoms with Crippen molar-refractivity contribution in [3.63, 3.8) is 0 Å². The summed E-state index contributed by atoms with van der Waals surface area (Å²) in [6.07, 6.45) is 3.74. The number of anilines is 1. The van der Waals surface area contributed by atoms with Crippen molar-refractivity contribution in [2.75, 3.05) is 11.4 Å². The third kappa shape index (κ3) is 5.51. The van der Waals surface area contributed by atoms with E-state index in [1.165, 1.54) is 28.4 Å². The van der Waals surface area contributed by atoms with Gasteiger partial charge in [-0.1, -0.05) is 55.3 Å². The van der Waals surface area contributed by atoms with Gasteiger partial charge in [0.15, 0.2) is 0 Å². The minimum atomic E-state index is -1.23. The van der Waals surface area contributed by atoms with E-state index >= 15 is 0 Å². The van der Waals surface area contributed by atoms with Crippen LogP contribution in [0.2, 0.25) is 0 Å². The largest absolute Gasteiger partial charge is 0.351 e. The van der Waals surface area contributed by atoms with Crippen LogP contribution in [0, 0.1) is 5.82 Å². The molecule has 0 radical (unpaired) electrons. The topological polar surface area (TPSA) is 78.5 Å². The van der Waals surface area contributed by atoms with Gasteiger partial charge in [0, 0.05) is 17.3 Å². The number of amides is 3. The number of nitrogens with zero attached hydrogens (tertiary/aromatic N) is 1. The van der Waals surface area contributed by atoms with E-state index in [4.69, 9.17) is 0 Å². The van der Waals surface area contributed by atoms with Crippen molar-refractivity contribution in [3.8, 4) is 0 Å². The van der Waals surface area contributed by atoms with Crippen molar-refractivity contribution in [3.05, 3.63) is 88.4 Å². The van der Waals surface area contributed by atoms with Crippen molar-refractivity contribution in [2.45, 2.75) is 37.8 Å². The van der Waals surface area contributed by atoms with Crippen LogP contribution in [-0.2, 0) is 9.59 Å². The average Bonchev–Trinajstić information content (AvgIpc) is 3.56. The van der Waals surface area contributed by atoms with Crippen LogP contribution in [0.3, 0.4) is 0 Å². The molecule has 1 saturated carbocycles. The Kier molecular flexibility index (Phi) is 7.69. The zero-order chi connectivity index (χ0) is 23.9. The Balaban J connectivity index is 1.67. The van der Waals surface area contributed by atoms with E-state index in [9.17, 15) is 18.8 Å². The lowest BCUT2D eigenvalue weighted by molar-refractivity contribution is -0.126. The molecule has 0 spiro atoms. The van der Waals surface area contributed by atoms with Gasteiger partial charge in [-0.15, -0.1) is 11.3 Å². The molecule has 0 aliphatic heterocycles. The summed E-state index contributed by atoms with van der Waals surface area (Å²) in [5, 5.41) is 7.41. The number of carbonyl (C=O) groups excluding carboxylic acids is 3. The molecule has 1 fully saturated rings. The van der Waals surface area contributed by atoms with Gasteiger partial charge in [-0.05, 0) is 42.5 Å². The highest BCUT2D eigenvalue weighted by atomic mass is 32.1. The monoisotopic (exact) mass is 479 g/mol. The number of para-hydroxylation sites is 1. The molecule has 2 aromatic carbocycles. The van der Waals surface area contributed by atoms with Gasteiger partial charge in [0.25, 0.3) is 5.91 Å². The number of nitrogens with one attached hydrogen (secondary N) is 2. The van der Waals surface area contributed by atoms with Crippen LogP contribution in [0.25, 0.3) is 0 Å². The summed E-state index contributed by atoms with van der Waals surface area (Å²) in [4.78, 5) is 41.2. The molecule has 1 unspecified atom stereocenters. The summed E-state index contributed by atoms with van der Waals surface area (Å²) in [5.41, 5.74) is 0.535. The SMILES string of the molecule is O=C(NCC(=O)N(c1ccccc1)C(C(=O)NC1CCCC1)c1ccccc1F)c1cccs1. The molecule has 3 amide bonds. The Morgan fingerprint density at radius 3 is 2.35 bits per heavy atom. The molecule has 8 heteroatoms. The van der Waals surface area contributed by atoms with Gasteiger partial charge in [-0.3, -0.25) is 19.3 Å². The predicted octanol–water partition coefficient (Wildman–Crippen LogP) is 4.45. The lowest BCUT2D eigenvalue weighted by Gasteiger charge is -2.32. The van der Waals surface area contributed by atoms with Gasteiger partial charge in [0.05, 0.1) is 11.4 Å². The fourth-order valence-electron chi connectivity index (χ4n) is 4.21. The van der Waals surface area contributed by atoms with E-state index in [1.807, 2.05) is 0 Å². The fraction of sp³-hybridized carbons (Fsp3) is 0.269. The molecule has 1 atom stereocenters. The van der Waals surface area contributed by atoms with Crippen LogP contribution in [0.5, 0.6) is 0 Å². The van der Waals surface area contributed by atoms with Gasteiger partial charge in [-0.2, -0.15) is 0 Å². The molecule has 0 bridgehead atoms. The molecular weight excluding hydrogens is 453 g/mol. The highest BCUT2D eigenvalue weighted by Crippen LogP contribution is 2.30. The summed E-state index contributed by atoms with van der Waals surface area (Å²) in [6.45, 7) is -0.340. The maximum atomic E-state index is 15.0. The van der Waals surface area contributed by atoms with E-state index in [0.29, 0.717) is 10.6 Å². The first-order valence-electron chi connectivity index (χ1n) is 11.3. The Morgan fingerprint density at radius 1 is 0.971 bits per heavy atom. The first-order chi connectivity index (χ1) is 16.5. The lowest BCUT2D eigenvalue weighted by atomic mass is 10.0. The summed E-state index contributed by atoms with van der Waals surface area (Å²) < 4.78 is 15.0. The minimum Gasteiger partial charge on any atom is -0.351 e. The highest BCUT2D eigenvalue weighted by Gasteiger charge is 2.35. The number of halogens is 1. The van der Waals surface area contributed by atoms with E-state index in [1.54, 1.807) is 60.0 Å². The normalized spacial score (nSPS) is 14.4. The van der Waals surface area contributed by atoms with Gasteiger partial charge in [0.1, 0.15) is 11.9 Å². The molecular formula is C26H26FN3O3S. The number of hydrogen-bond acceptors (Lipinski definition) is 4. The van der Waals surface area contributed by atoms with Gasteiger partial charge < -0.3 is 10.6 Å². The molecule has 2 N–H and O–H groups in total. The molecule has 176 valence electrons. The van der Waals surface area contributed by atoms with E-state index in [2.05, 4.69) is 10.6 Å². The number of hydrogen-bond donors (Lipinski definition) is 2. The summed E-state index contributed by atoms with van der Waals surface area (Å²) >= 11 is 1.26. The Hall–Kier alpha value is -3.52. The molecule has 34 heavy (non-hydrogen) atoms. The van der Waals surface area contributed by atoms with Crippen LogP contribution < -0.4 is 15.5 Å². The molecule has 1 aliphatic carbocycles. The quantitative estimate of drug-likeness (QED) is 0.501. The number of benzene rings is 2. The number of rotatable bonds is 8. The molecule has 0 saturated heterocycles. The minimum absolute atomic E-state index is 0.00645. The maximum Gasteiger partial charge on any atom is 0.261 e. The third-order valence-electron chi connectivity index (χ3n) is 5.86. The zero-order valence-corrected chi connectivity index (χ0v) is 19.4. The standard InChI is InChI=1S/C26H26FN3O3S/c27-21-14-7-6-13-20(21)24(26(33)29-18-9-4-5-10-18)30(19-11-2-1-3-12-19)23(31)17-28-25(32)22-15-8-16-34-22/h1-3,6-8,11-16,18,24H,4-5,9-10,17H2,(H,28,32)(H,29,33). The smallest absolute Gasteiger partial charge is 0.261 e. The van der Waals surface area contributed by atoms with Crippen LogP contribution in [-0.4, -0.2) is 30.3 Å². The second kappa shape index (κ2) is 11.1. The van der Waals surface area contributed by atoms with Crippen molar-refractivity contribution < 1.29 is 18.8 Å². The molecule has 1 heterocycles. The van der Waals surface area contributed by atoms with Crippen molar-refractivity contribution in [1.82, 2.24) is 10.6 Å². The van der Waals surface area contributed by atoms with Crippen LogP contribution >= 0.6 is 11.3 Å². The highest BCUT2D eigenvalue weighted by molar-refractivity contribution is 7.12. The Morgan fingerprint density at radius 2 is 1.68 bits per heavy atom. The van der Waals surface area contributed by atoms with E-state index in [-0.39, 0.29) is 24.1 Å². The average molecular weight is 480 g/mol. The summed E-state index contributed by atoms with van der Waals surface area (Å²) in [6, 6.07) is 16.8. The second-order valence-corrected chi connectivity index (χ2v) is 9.12. The molecule has 3 aromatic rings.